The topological polar surface area (TPSA) is 107 Å². The van der Waals surface area contributed by atoms with Crippen LogP contribution in [0, 0.1) is 6.92 Å². The second-order valence-electron chi connectivity index (χ2n) is 6.23. The Kier molecular flexibility index (Phi) is 7.06. The lowest BCUT2D eigenvalue weighted by Gasteiger charge is -2.08. The van der Waals surface area contributed by atoms with Crippen molar-refractivity contribution in [3.63, 3.8) is 0 Å². The molecule has 0 fully saturated rings. The molecule has 0 bridgehead atoms. The number of benzene rings is 2. The predicted octanol–water partition coefficient (Wildman–Crippen LogP) is 2.54. The van der Waals surface area contributed by atoms with E-state index in [0.29, 0.717) is 11.3 Å². The molecule has 0 saturated heterocycles. The van der Waals surface area contributed by atoms with Crippen molar-refractivity contribution in [2.24, 2.45) is 0 Å². The number of amides is 1. The van der Waals surface area contributed by atoms with E-state index in [1.165, 1.54) is 25.1 Å². The normalized spacial score (nSPS) is 10.9. The van der Waals surface area contributed by atoms with E-state index >= 15 is 0 Å². The van der Waals surface area contributed by atoms with Gasteiger partial charge in [-0.1, -0.05) is 29.8 Å². The summed E-state index contributed by atoms with van der Waals surface area (Å²) >= 11 is 0. The minimum Gasteiger partial charge on any atom is -0.456 e. The molecule has 0 aromatic heterocycles. The molecule has 148 valence electrons. The molecule has 0 aliphatic heterocycles. The van der Waals surface area contributed by atoms with Crippen LogP contribution in [0.3, 0.4) is 0 Å². The maximum absolute atomic E-state index is 12.2. The number of anilines is 1. The van der Waals surface area contributed by atoms with Gasteiger partial charge in [0.05, 0.1) is 17.1 Å². The lowest BCUT2D eigenvalue weighted by Crippen LogP contribution is -2.22. The highest BCUT2D eigenvalue weighted by Gasteiger charge is 2.17. The molecule has 0 saturated carbocycles. The highest BCUT2D eigenvalue weighted by molar-refractivity contribution is 7.91. The van der Waals surface area contributed by atoms with Gasteiger partial charge in [0, 0.05) is 11.3 Å². The number of hydrogen-bond acceptors (Lipinski definition) is 6. The first-order chi connectivity index (χ1) is 13.2. The van der Waals surface area contributed by atoms with Gasteiger partial charge in [0.1, 0.15) is 0 Å². The summed E-state index contributed by atoms with van der Waals surface area (Å²) in [6.07, 6.45) is -0.358. The number of carbonyl (C=O) groups is 3. The van der Waals surface area contributed by atoms with E-state index in [-0.39, 0.29) is 17.1 Å². The van der Waals surface area contributed by atoms with E-state index in [0.717, 1.165) is 5.56 Å². The van der Waals surface area contributed by atoms with Gasteiger partial charge in [0.15, 0.2) is 22.2 Å². The van der Waals surface area contributed by atoms with Crippen LogP contribution >= 0.6 is 0 Å². The Bertz CT molecular complexity index is 980. The van der Waals surface area contributed by atoms with Gasteiger partial charge in [-0.25, -0.2) is 8.42 Å². The van der Waals surface area contributed by atoms with E-state index in [9.17, 15) is 22.8 Å². The van der Waals surface area contributed by atoms with Crippen LogP contribution in [-0.4, -0.2) is 38.4 Å². The number of rotatable bonds is 8. The zero-order chi connectivity index (χ0) is 20.7. The molecule has 0 atom stereocenters. The second-order valence-corrected chi connectivity index (χ2v) is 8.34. The fourth-order valence-corrected chi connectivity index (χ4v) is 3.53. The third kappa shape index (κ3) is 6.31. The number of sulfone groups is 1. The van der Waals surface area contributed by atoms with E-state index in [4.69, 9.17) is 4.74 Å². The number of esters is 1. The van der Waals surface area contributed by atoms with Crippen LogP contribution in [0.5, 0.6) is 0 Å². The molecule has 7 nitrogen and oxygen atoms in total. The lowest BCUT2D eigenvalue weighted by atomic mass is 10.1. The van der Waals surface area contributed by atoms with Crippen LogP contribution in [-0.2, 0) is 24.2 Å². The molecule has 28 heavy (non-hydrogen) atoms. The van der Waals surface area contributed by atoms with E-state index in [1.807, 2.05) is 6.92 Å². The highest BCUT2D eigenvalue weighted by atomic mass is 32.2. The first-order valence-electron chi connectivity index (χ1n) is 8.53. The molecule has 1 N–H and O–H groups in total. The van der Waals surface area contributed by atoms with Crippen molar-refractivity contribution < 1.29 is 27.5 Å². The quantitative estimate of drug-likeness (QED) is 0.536. The van der Waals surface area contributed by atoms with Crippen LogP contribution in [0.15, 0.2) is 53.4 Å². The molecule has 0 heterocycles. The van der Waals surface area contributed by atoms with E-state index < -0.39 is 34.1 Å². The number of hydrogen-bond donors (Lipinski definition) is 1. The van der Waals surface area contributed by atoms with Crippen molar-refractivity contribution in [2.75, 3.05) is 17.7 Å². The summed E-state index contributed by atoms with van der Waals surface area (Å²) in [5.74, 6) is -1.92. The van der Waals surface area contributed by atoms with E-state index in [1.54, 1.807) is 30.3 Å². The minimum absolute atomic E-state index is 0.133. The molecule has 2 aromatic rings. The SMILES string of the molecule is CC(=O)c1cccc(NC(=O)COC(=O)CCS(=O)(=O)c2ccc(C)cc2)c1. The van der Waals surface area contributed by atoms with Crippen LogP contribution < -0.4 is 5.32 Å². The van der Waals surface area contributed by atoms with Gasteiger partial charge in [-0.3, -0.25) is 14.4 Å². The molecule has 8 heteroatoms. The number of ether oxygens (including phenoxy) is 1. The molecule has 0 unspecified atom stereocenters. The third-order valence-corrected chi connectivity index (χ3v) is 5.60. The standard InChI is InChI=1S/C20H21NO6S/c1-14-6-8-18(9-7-14)28(25,26)11-10-20(24)27-13-19(23)21-17-5-3-4-16(12-17)15(2)22/h3-9,12H,10-11,13H2,1-2H3,(H,21,23). The van der Waals surface area contributed by atoms with Gasteiger partial charge in [-0.05, 0) is 38.1 Å². The number of aryl methyl sites for hydroxylation is 1. The van der Waals surface area contributed by atoms with Crippen LogP contribution in [0.1, 0.15) is 29.3 Å². The summed E-state index contributed by atoms with van der Waals surface area (Å²) in [6.45, 7) is 2.70. The van der Waals surface area contributed by atoms with Crippen molar-refractivity contribution in [3.05, 3.63) is 59.7 Å². The predicted molar refractivity (Wildman–Crippen MR) is 104 cm³/mol. The van der Waals surface area contributed by atoms with Gasteiger partial charge in [0.2, 0.25) is 0 Å². The van der Waals surface area contributed by atoms with Crippen molar-refractivity contribution in [1.29, 1.82) is 0 Å². The maximum atomic E-state index is 12.2. The Labute approximate surface area is 163 Å². The Balaban J connectivity index is 1.82. The van der Waals surface area contributed by atoms with Crippen LogP contribution in [0.25, 0.3) is 0 Å². The van der Waals surface area contributed by atoms with Crippen LogP contribution in [0.4, 0.5) is 5.69 Å². The maximum Gasteiger partial charge on any atom is 0.307 e. The zero-order valence-corrected chi connectivity index (χ0v) is 16.4. The first-order valence-corrected chi connectivity index (χ1v) is 10.2. The molecule has 0 aliphatic carbocycles. The average Bonchev–Trinajstić information content (AvgIpc) is 2.65. The van der Waals surface area contributed by atoms with Crippen molar-refractivity contribution in [2.45, 2.75) is 25.2 Å². The number of Topliss-reactive ketones (excluding diaryl/α,β-unsaturated/α-hetero) is 1. The smallest absolute Gasteiger partial charge is 0.307 e. The molecule has 1 amide bonds. The Morgan fingerprint density at radius 2 is 1.71 bits per heavy atom. The third-order valence-electron chi connectivity index (χ3n) is 3.87. The summed E-state index contributed by atoms with van der Waals surface area (Å²) < 4.78 is 29.2. The van der Waals surface area contributed by atoms with Crippen molar-refractivity contribution in [3.8, 4) is 0 Å². The number of nitrogens with one attached hydrogen (secondary N) is 1. The second kappa shape index (κ2) is 9.27. The molecule has 0 spiro atoms. The molecule has 0 radical (unpaired) electrons. The Hall–Kier alpha value is -3.00. The van der Waals surface area contributed by atoms with Gasteiger partial charge >= 0.3 is 5.97 Å². The first kappa shape index (κ1) is 21.3. The summed E-state index contributed by atoms with van der Waals surface area (Å²) in [5, 5.41) is 2.51. The van der Waals surface area contributed by atoms with Gasteiger partial charge in [0.25, 0.3) is 5.91 Å². The Morgan fingerprint density at radius 3 is 2.36 bits per heavy atom. The fourth-order valence-electron chi connectivity index (χ4n) is 2.31. The largest absolute Gasteiger partial charge is 0.456 e. The number of ketones is 1. The summed E-state index contributed by atoms with van der Waals surface area (Å²) in [4.78, 5) is 35.1. The zero-order valence-electron chi connectivity index (χ0n) is 15.6. The molecule has 2 aromatic carbocycles. The van der Waals surface area contributed by atoms with Crippen molar-refractivity contribution in [1.82, 2.24) is 0 Å². The average molecular weight is 403 g/mol. The number of carbonyl (C=O) groups excluding carboxylic acids is 3. The lowest BCUT2D eigenvalue weighted by molar-refractivity contribution is -0.146. The van der Waals surface area contributed by atoms with Crippen molar-refractivity contribution >= 4 is 33.2 Å². The monoisotopic (exact) mass is 403 g/mol. The highest BCUT2D eigenvalue weighted by Crippen LogP contribution is 2.14. The molecule has 2 rings (SSSR count). The summed E-state index contributed by atoms with van der Waals surface area (Å²) in [6, 6.07) is 12.7. The minimum atomic E-state index is -3.61. The fraction of sp³-hybridized carbons (Fsp3) is 0.250. The van der Waals surface area contributed by atoms with E-state index in [2.05, 4.69) is 5.32 Å². The summed E-state index contributed by atoms with van der Waals surface area (Å²) in [5.41, 5.74) is 1.77. The van der Waals surface area contributed by atoms with Gasteiger partial charge in [-0.2, -0.15) is 0 Å². The Morgan fingerprint density at radius 1 is 1.04 bits per heavy atom. The summed E-state index contributed by atoms with van der Waals surface area (Å²) in [7, 11) is -3.61. The van der Waals surface area contributed by atoms with Crippen LogP contribution in [0.2, 0.25) is 0 Å². The molecular weight excluding hydrogens is 382 g/mol. The molecule has 0 aliphatic rings. The van der Waals surface area contributed by atoms with Gasteiger partial charge < -0.3 is 10.1 Å². The molecular formula is C20H21NO6S. The van der Waals surface area contributed by atoms with Gasteiger partial charge in [-0.15, -0.1) is 0 Å².